The van der Waals surface area contributed by atoms with Crippen molar-refractivity contribution in [3.63, 3.8) is 0 Å². The van der Waals surface area contributed by atoms with Crippen molar-refractivity contribution >= 4 is 28.9 Å². The summed E-state index contributed by atoms with van der Waals surface area (Å²) in [6, 6.07) is 14.6. The Morgan fingerprint density at radius 3 is 2.50 bits per heavy atom. The highest BCUT2D eigenvalue weighted by molar-refractivity contribution is 6.30. The van der Waals surface area contributed by atoms with Crippen LogP contribution in [0.25, 0.3) is 11.5 Å². The fourth-order valence-corrected chi connectivity index (χ4v) is 2.77. The number of nitrogens with zero attached hydrogens (tertiary/aromatic N) is 3. The molecule has 2 aromatic carbocycles. The minimum atomic E-state index is -0.457. The van der Waals surface area contributed by atoms with Gasteiger partial charge in [-0.2, -0.15) is 0 Å². The lowest BCUT2D eigenvalue weighted by molar-refractivity contribution is 0.0991. The summed E-state index contributed by atoms with van der Waals surface area (Å²) in [6.07, 6.45) is 0. The number of rotatable bonds is 6. The zero-order valence-corrected chi connectivity index (χ0v) is 15.3. The third-order valence-corrected chi connectivity index (χ3v) is 4.18. The number of benzene rings is 2. The van der Waals surface area contributed by atoms with Crippen molar-refractivity contribution < 1.29 is 9.21 Å². The van der Waals surface area contributed by atoms with Gasteiger partial charge in [-0.1, -0.05) is 17.7 Å². The lowest BCUT2D eigenvalue weighted by Gasteiger charge is -2.21. The third kappa shape index (κ3) is 4.03. The lowest BCUT2D eigenvalue weighted by Crippen LogP contribution is -2.21. The molecule has 0 aliphatic heterocycles. The summed E-state index contributed by atoms with van der Waals surface area (Å²) in [5.74, 6) is -0.316. The standard InChI is InChI=1S/C19H19ClN4O2/c1-3-24(4-2)16-10-8-15(9-11-16)21-17(25)19-23-22-18(26-19)13-6-5-7-14(20)12-13/h5-12H,3-4H2,1-2H3,(H,21,25). The van der Waals surface area contributed by atoms with Crippen molar-refractivity contribution in [2.45, 2.75) is 13.8 Å². The first-order valence-corrected chi connectivity index (χ1v) is 8.74. The van der Waals surface area contributed by atoms with Gasteiger partial charge in [0.15, 0.2) is 0 Å². The minimum Gasteiger partial charge on any atom is -0.412 e. The molecule has 0 bridgehead atoms. The van der Waals surface area contributed by atoms with Crippen LogP contribution in [-0.2, 0) is 0 Å². The van der Waals surface area contributed by atoms with Crippen LogP contribution in [-0.4, -0.2) is 29.2 Å². The van der Waals surface area contributed by atoms with Gasteiger partial charge in [0.1, 0.15) is 0 Å². The predicted octanol–water partition coefficient (Wildman–Crippen LogP) is 4.49. The van der Waals surface area contributed by atoms with Gasteiger partial charge in [-0.05, 0) is 56.3 Å². The van der Waals surface area contributed by atoms with E-state index in [2.05, 4.69) is 34.3 Å². The summed E-state index contributed by atoms with van der Waals surface area (Å²) >= 11 is 5.95. The average molecular weight is 371 g/mol. The Balaban J connectivity index is 1.71. The molecule has 0 aliphatic rings. The third-order valence-electron chi connectivity index (χ3n) is 3.94. The van der Waals surface area contributed by atoms with Crippen molar-refractivity contribution in [1.29, 1.82) is 0 Å². The Morgan fingerprint density at radius 1 is 1.12 bits per heavy atom. The van der Waals surface area contributed by atoms with E-state index >= 15 is 0 Å². The molecule has 0 fully saturated rings. The quantitative estimate of drug-likeness (QED) is 0.692. The summed E-state index contributed by atoms with van der Waals surface area (Å²) in [5.41, 5.74) is 2.43. The molecule has 3 aromatic rings. The predicted molar refractivity (Wildman–Crippen MR) is 103 cm³/mol. The second kappa shape index (κ2) is 8.01. The van der Waals surface area contributed by atoms with E-state index in [9.17, 15) is 4.79 Å². The van der Waals surface area contributed by atoms with E-state index in [0.717, 1.165) is 18.8 Å². The normalized spacial score (nSPS) is 10.6. The number of anilines is 2. The SMILES string of the molecule is CCN(CC)c1ccc(NC(=O)c2nnc(-c3cccc(Cl)c3)o2)cc1. The molecule has 6 nitrogen and oxygen atoms in total. The molecule has 0 radical (unpaired) electrons. The Morgan fingerprint density at radius 2 is 1.85 bits per heavy atom. The molecule has 26 heavy (non-hydrogen) atoms. The molecule has 0 atom stereocenters. The van der Waals surface area contributed by atoms with Gasteiger partial charge >= 0.3 is 11.8 Å². The maximum Gasteiger partial charge on any atom is 0.313 e. The zero-order chi connectivity index (χ0) is 18.5. The van der Waals surface area contributed by atoms with Crippen molar-refractivity contribution in [3.05, 3.63) is 59.4 Å². The molecule has 1 heterocycles. The Kier molecular flexibility index (Phi) is 5.53. The Hall–Kier alpha value is -2.86. The molecule has 134 valence electrons. The van der Waals surface area contributed by atoms with Gasteiger partial charge in [-0.25, -0.2) is 0 Å². The molecular weight excluding hydrogens is 352 g/mol. The van der Waals surface area contributed by atoms with Gasteiger partial charge in [0.25, 0.3) is 0 Å². The minimum absolute atomic E-state index is 0.104. The van der Waals surface area contributed by atoms with Crippen LogP contribution in [0.5, 0.6) is 0 Å². The Bertz CT molecular complexity index is 889. The van der Waals surface area contributed by atoms with Crippen molar-refractivity contribution in [3.8, 4) is 11.5 Å². The van der Waals surface area contributed by atoms with E-state index in [-0.39, 0.29) is 11.8 Å². The van der Waals surface area contributed by atoms with Gasteiger partial charge in [-0.15, -0.1) is 10.2 Å². The van der Waals surface area contributed by atoms with E-state index in [4.69, 9.17) is 16.0 Å². The number of nitrogens with one attached hydrogen (secondary N) is 1. The number of carbonyl (C=O) groups is 1. The van der Waals surface area contributed by atoms with Crippen molar-refractivity contribution in [1.82, 2.24) is 10.2 Å². The molecule has 0 saturated carbocycles. The van der Waals surface area contributed by atoms with Gasteiger partial charge in [-0.3, -0.25) is 4.79 Å². The van der Waals surface area contributed by atoms with Crippen molar-refractivity contribution in [2.75, 3.05) is 23.3 Å². The topological polar surface area (TPSA) is 71.3 Å². The largest absolute Gasteiger partial charge is 0.412 e. The van der Waals surface area contributed by atoms with Crippen LogP contribution >= 0.6 is 11.6 Å². The summed E-state index contributed by atoms with van der Waals surface area (Å²) in [4.78, 5) is 14.5. The molecule has 1 amide bonds. The summed E-state index contributed by atoms with van der Waals surface area (Å²) in [6.45, 7) is 6.06. The maximum absolute atomic E-state index is 12.3. The number of carbonyl (C=O) groups excluding carboxylic acids is 1. The summed E-state index contributed by atoms with van der Waals surface area (Å²) in [5, 5.41) is 11.0. The number of hydrogen-bond donors (Lipinski definition) is 1. The van der Waals surface area contributed by atoms with Crippen LogP contribution in [0.1, 0.15) is 24.5 Å². The van der Waals surface area contributed by atoms with E-state index in [0.29, 0.717) is 16.3 Å². The first-order valence-electron chi connectivity index (χ1n) is 8.36. The summed E-state index contributed by atoms with van der Waals surface area (Å²) < 4.78 is 5.45. The fourth-order valence-electron chi connectivity index (χ4n) is 2.58. The van der Waals surface area contributed by atoms with Crippen LogP contribution in [0.3, 0.4) is 0 Å². The molecule has 0 unspecified atom stereocenters. The Labute approximate surface area is 156 Å². The molecule has 1 N–H and O–H groups in total. The highest BCUT2D eigenvalue weighted by atomic mass is 35.5. The number of halogens is 1. The van der Waals surface area contributed by atoms with Crippen LogP contribution in [0, 0.1) is 0 Å². The second-order valence-electron chi connectivity index (χ2n) is 5.60. The maximum atomic E-state index is 12.3. The van der Waals surface area contributed by atoms with E-state index < -0.39 is 5.91 Å². The fraction of sp³-hybridized carbons (Fsp3) is 0.211. The molecule has 7 heteroatoms. The molecule has 0 saturated heterocycles. The highest BCUT2D eigenvalue weighted by Gasteiger charge is 2.16. The lowest BCUT2D eigenvalue weighted by atomic mass is 10.2. The smallest absolute Gasteiger partial charge is 0.313 e. The van der Waals surface area contributed by atoms with Gasteiger partial charge in [0, 0.05) is 35.1 Å². The zero-order valence-electron chi connectivity index (χ0n) is 14.6. The molecule has 3 rings (SSSR count). The van der Waals surface area contributed by atoms with Crippen LogP contribution in [0.2, 0.25) is 5.02 Å². The van der Waals surface area contributed by atoms with Gasteiger partial charge in [0.05, 0.1) is 0 Å². The van der Waals surface area contributed by atoms with Crippen LogP contribution in [0.15, 0.2) is 52.9 Å². The second-order valence-corrected chi connectivity index (χ2v) is 6.03. The molecule has 0 aliphatic carbocycles. The first kappa shape index (κ1) is 17.9. The highest BCUT2D eigenvalue weighted by Crippen LogP contribution is 2.22. The average Bonchev–Trinajstić information content (AvgIpc) is 3.14. The van der Waals surface area contributed by atoms with Crippen molar-refractivity contribution in [2.24, 2.45) is 0 Å². The first-order chi connectivity index (χ1) is 12.6. The van der Waals surface area contributed by atoms with Gasteiger partial charge < -0.3 is 14.6 Å². The van der Waals surface area contributed by atoms with E-state index in [1.165, 1.54) is 0 Å². The monoisotopic (exact) mass is 370 g/mol. The molecule has 1 aromatic heterocycles. The van der Waals surface area contributed by atoms with Gasteiger partial charge in [0.2, 0.25) is 5.89 Å². The van der Waals surface area contributed by atoms with Crippen LogP contribution < -0.4 is 10.2 Å². The molecular formula is C19H19ClN4O2. The molecule has 0 spiro atoms. The van der Waals surface area contributed by atoms with E-state index in [1.54, 1.807) is 24.3 Å². The van der Waals surface area contributed by atoms with E-state index in [1.807, 2.05) is 24.3 Å². The number of amides is 1. The number of hydrogen-bond acceptors (Lipinski definition) is 5. The summed E-state index contributed by atoms with van der Waals surface area (Å²) in [7, 11) is 0. The number of aromatic nitrogens is 2. The van der Waals surface area contributed by atoms with Crippen LogP contribution in [0.4, 0.5) is 11.4 Å².